The Hall–Kier alpha value is -1.94. The number of benzene rings is 1. The molecule has 0 radical (unpaired) electrons. The lowest BCUT2D eigenvalue weighted by atomic mass is 9.82. The molecule has 1 fully saturated rings. The molecule has 2 aromatic rings. The van der Waals surface area contributed by atoms with Crippen molar-refractivity contribution in [2.45, 2.75) is 37.7 Å². The summed E-state index contributed by atoms with van der Waals surface area (Å²) >= 11 is 0. The fraction of sp³-hybridized carbons (Fsp3) is 0.412. The minimum absolute atomic E-state index is 0.326. The molecule has 110 valence electrons. The Balaban J connectivity index is 1.94. The monoisotopic (exact) mass is 285 g/mol. The molecule has 0 unspecified atom stereocenters. The standard InChI is InChI=1S/C17H19NO3/c1-21-13-5-2-11(3-6-13)12-4-7-16-15(10-12)14(17(19)20)8-9-18-16/h4,7-11,13H,2-3,5-6H2,1H3,(H,19,20). The summed E-state index contributed by atoms with van der Waals surface area (Å²) in [4.78, 5) is 15.6. The van der Waals surface area contributed by atoms with Gasteiger partial charge in [-0.3, -0.25) is 4.98 Å². The first-order chi connectivity index (χ1) is 10.2. The maximum atomic E-state index is 11.3. The van der Waals surface area contributed by atoms with E-state index < -0.39 is 5.97 Å². The molecule has 0 spiro atoms. The molecule has 0 atom stereocenters. The zero-order valence-corrected chi connectivity index (χ0v) is 12.1. The summed E-state index contributed by atoms with van der Waals surface area (Å²) in [5.41, 5.74) is 2.28. The third kappa shape index (κ3) is 2.76. The van der Waals surface area contributed by atoms with Gasteiger partial charge < -0.3 is 9.84 Å². The topological polar surface area (TPSA) is 59.4 Å². The lowest BCUT2D eigenvalue weighted by molar-refractivity contribution is 0.0659. The zero-order chi connectivity index (χ0) is 14.8. The Kier molecular flexibility index (Phi) is 3.88. The van der Waals surface area contributed by atoms with Gasteiger partial charge in [0.15, 0.2) is 0 Å². The first-order valence-corrected chi connectivity index (χ1v) is 7.34. The number of aromatic nitrogens is 1. The fourth-order valence-corrected chi connectivity index (χ4v) is 3.24. The van der Waals surface area contributed by atoms with E-state index in [4.69, 9.17) is 4.74 Å². The van der Waals surface area contributed by atoms with Crippen LogP contribution in [0.2, 0.25) is 0 Å². The van der Waals surface area contributed by atoms with E-state index in [1.165, 1.54) is 5.56 Å². The molecule has 0 amide bonds. The second kappa shape index (κ2) is 5.82. The maximum absolute atomic E-state index is 11.3. The van der Waals surface area contributed by atoms with Crippen molar-refractivity contribution in [2.24, 2.45) is 0 Å². The van der Waals surface area contributed by atoms with E-state index in [-0.39, 0.29) is 0 Å². The Morgan fingerprint density at radius 2 is 2.00 bits per heavy atom. The molecule has 4 heteroatoms. The summed E-state index contributed by atoms with van der Waals surface area (Å²) in [5.74, 6) is -0.412. The largest absolute Gasteiger partial charge is 0.478 e. The summed E-state index contributed by atoms with van der Waals surface area (Å²) < 4.78 is 5.41. The SMILES string of the molecule is COC1CCC(c2ccc3nccc(C(=O)O)c3c2)CC1. The van der Waals surface area contributed by atoms with Crippen molar-refractivity contribution in [3.63, 3.8) is 0 Å². The third-order valence-electron chi connectivity index (χ3n) is 4.47. The Morgan fingerprint density at radius 1 is 1.24 bits per heavy atom. The van der Waals surface area contributed by atoms with Gasteiger partial charge in [0.05, 0.1) is 17.2 Å². The first-order valence-electron chi connectivity index (χ1n) is 7.34. The highest BCUT2D eigenvalue weighted by molar-refractivity contribution is 6.02. The van der Waals surface area contributed by atoms with Crippen LogP contribution in [0.1, 0.15) is 47.5 Å². The summed E-state index contributed by atoms with van der Waals surface area (Å²) in [6.07, 6.45) is 6.24. The van der Waals surface area contributed by atoms with E-state index in [1.807, 2.05) is 12.1 Å². The molecule has 1 aromatic heterocycles. The molecule has 1 saturated carbocycles. The number of pyridine rings is 1. The number of rotatable bonds is 3. The van der Waals surface area contributed by atoms with Gasteiger partial charge in [-0.05, 0) is 55.4 Å². The summed E-state index contributed by atoms with van der Waals surface area (Å²) in [5, 5.41) is 10.0. The predicted octanol–water partition coefficient (Wildman–Crippen LogP) is 3.61. The van der Waals surface area contributed by atoms with E-state index in [0.717, 1.165) is 36.6 Å². The van der Waals surface area contributed by atoms with Crippen molar-refractivity contribution < 1.29 is 14.6 Å². The lowest BCUT2D eigenvalue weighted by Gasteiger charge is -2.28. The quantitative estimate of drug-likeness (QED) is 0.936. The fourth-order valence-electron chi connectivity index (χ4n) is 3.24. The highest BCUT2D eigenvalue weighted by Gasteiger charge is 2.22. The van der Waals surface area contributed by atoms with Gasteiger partial charge in [0, 0.05) is 18.7 Å². The number of carboxylic acid groups (broad SMARTS) is 1. The molecule has 3 rings (SSSR count). The van der Waals surface area contributed by atoms with Crippen molar-refractivity contribution >= 4 is 16.9 Å². The minimum atomic E-state index is -0.900. The number of hydrogen-bond acceptors (Lipinski definition) is 3. The van der Waals surface area contributed by atoms with Crippen LogP contribution < -0.4 is 0 Å². The predicted molar refractivity (Wildman–Crippen MR) is 80.7 cm³/mol. The smallest absolute Gasteiger partial charge is 0.336 e. The molecule has 1 heterocycles. The summed E-state index contributed by atoms with van der Waals surface area (Å²) in [7, 11) is 1.77. The van der Waals surface area contributed by atoms with Crippen LogP contribution in [0.5, 0.6) is 0 Å². The van der Waals surface area contributed by atoms with Gasteiger partial charge in [-0.1, -0.05) is 6.07 Å². The molecule has 21 heavy (non-hydrogen) atoms. The van der Waals surface area contributed by atoms with Gasteiger partial charge >= 0.3 is 5.97 Å². The van der Waals surface area contributed by atoms with Crippen LogP contribution in [-0.4, -0.2) is 29.3 Å². The number of methoxy groups -OCH3 is 1. The number of carboxylic acids is 1. The van der Waals surface area contributed by atoms with Crippen molar-refractivity contribution in [3.05, 3.63) is 41.6 Å². The van der Waals surface area contributed by atoms with Gasteiger partial charge in [-0.2, -0.15) is 0 Å². The number of carbonyl (C=O) groups is 1. The van der Waals surface area contributed by atoms with Gasteiger partial charge in [0.1, 0.15) is 0 Å². The molecule has 0 aliphatic heterocycles. The Morgan fingerprint density at radius 3 is 2.67 bits per heavy atom. The molecular formula is C17H19NO3. The van der Waals surface area contributed by atoms with E-state index in [1.54, 1.807) is 19.4 Å². The minimum Gasteiger partial charge on any atom is -0.478 e. The highest BCUT2D eigenvalue weighted by Crippen LogP contribution is 2.35. The zero-order valence-electron chi connectivity index (χ0n) is 12.1. The van der Waals surface area contributed by atoms with E-state index in [2.05, 4.69) is 11.1 Å². The number of ether oxygens (including phenoxy) is 1. The molecule has 1 N–H and O–H groups in total. The second-order valence-electron chi connectivity index (χ2n) is 5.65. The average Bonchev–Trinajstić information content (AvgIpc) is 2.53. The lowest BCUT2D eigenvalue weighted by Crippen LogP contribution is -2.19. The second-order valence-corrected chi connectivity index (χ2v) is 5.65. The van der Waals surface area contributed by atoms with E-state index >= 15 is 0 Å². The molecule has 0 bridgehead atoms. The van der Waals surface area contributed by atoms with Gasteiger partial charge in [-0.15, -0.1) is 0 Å². The first kappa shape index (κ1) is 14.0. The van der Waals surface area contributed by atoms with Crippen molar-refractivity contribution in [2.75, 3.05) is 7.11 Å². The van der Waals surface area contributed by atoms with Crippen molar-refractivity contribution in [1.29, 1.82) is 0 Å². The van der Waals surface area contributed by atoms with Crippen molar-refractivity contribution in [1.82, 2.24) is 4.98 Å². The van der Waals surface area contributed by atoms with Crippen LogP contribution in [-0.2, 0) is 4.74 Å². The molecule has 4 nitrogen and oxygen atoms in total. The third-order valence-corrected chi connectivity index (χ3v) is 4.47. The van der Waals surface area contributed by atoms with Gasteiger partial charge in [0.2, 0.25) is 0 Å². The Labute approximate surface area is 123 Å². The summed E-state index contributed by atoms with van der Waals surface area (Å²) in [6.45, 7) is 0. The van der Waals surface area contributed by atoms with Crippen molar-refractivity contribution in [3.8, 4) is 0 Å². The molecular weight excluding hydrogens is 266 g/mol. The molecule has 1 aromatic carbocycles. The summed E-state index contributed by atoms with van der Waals surface area (Å²) in [6, 6.07) is 7.58. The number of nitrogens with zero attached hydrogens (tertiary/aromatic N) is 1. The van der Waals surface area contributed by atoms with Crippen LogP contribution >= 0.6 is 0 Å². The highest BCUT2D eigenvalue weighted by atomic mass is 16.5. The van der Waals surface area contributed by atoms with Gasteiger partial charge in [-0.25, -0.2) is 4.79 Å². The number of fused-ring (bicyclic) bond motifs is 1. The normalized spacial score (nSPS) is 22.3. The average molecular weight is 285 g/mol. The Bertz CT molecular complexity index is 660. The van der Waals surface area contributed by atoms with Crippen LogP contribution in [0.4, 0.5) is 0 Å². The number of aromatic carboxylic acids is 1. The van der Waals surface area contributed by atoms with Gasteiger partial charge in [0.25, 0.3) is 0 Å². The van der Waals surface area contributed by atoms with Crippen LogP contribution in [0.3, 0.4) is 0 Å². The van der Waals surface area contributed by atoms with Crippen LogP contribution in [0.25, 0.3) is 10.9 Å². The molecule has 1 aliphatic carbocycles. The molecule has 1 aliphatic rings. The maximum Gasteiger partial charge on any atom is 0.336 e. The van der Waals surface area contributed by atoms with E-state index in [0.29, 0.717) is 17.6 Å². The van der Waals surface area contributed by atoms with Crippen LogP contribution in [0, 0.1) is 0 Å². The van der Waals surface area contributed by atoms with E-state index in [9.17, 15) is 9.90 Å². The number of hydrogen-bond donors (Lipinski definition) is 1. The van der Waals surface area contributed by atoms with Crippen LogP contribution in [0.15, 0.2) is 30.5 Å². The molecule has 0 saturated heterocycles.